The normalized spacial score (nSPS) is 16.3. The number of carbonyl (C=O) groups is 1. The molecule has 0 unspecified atom stereocenters. The molecule has 0 aliphatic carbocycles. The molecule has 0 aliphatic heterocycles. The van der Waals surface area contributed by atoms with Crippen LogP contribution in [0.3, 0.4) is 0 Å². The minimum atomic E-state index is -1.12. The van der Waals surface area contributed by atoms with Crippen LogP contribution in [0.4, 0.5) is 0 Å². The molecular weight excluding hydrogens is 132 g/mol. The van der Waals surface area contributed by atoms with Crippen molar-refractivity contribution in [2.24, 2.45) is 11.5 Å². The Morgan fingerprint density at radius 2 is 2.10 bits per heavy atom. The quantitative estimate of drug-likeness (QED) is 0.487. The average Bonchev–Trinajstić information content (AvgIpc) is 1.58. The summed E-state index contributed by atoms with van der Waals surface area (Å²) in [4.78, 5) is 9.96. The third-order valence-electron chi connectivity index (χ3n) is 1.10. The van der Waals surface area contributed by atoms with Gasteiger partial charge in [-0.3, -0.25) is 0 Å². The van der Waals surface area contributed by atoms with Gasteiger partial charge in [-0.2, -0.15) is 0 Å². The molecule has 0 spiro atoms. The smallest absolute Gasteiger partial charge is 0.0429 e. The molecule has 0 saturated heterocycles. The number of carboxylic acid groups (broad SMARTS) is 1. The number of carbonyl (C=O) groups excluding carboxylic acids is 1. The first-order valence-electron chi connectivity index (χ1n) is 3.23. The third kappa shape index (κ3) is 5.53. The second-order valence-electron chi connectivity index (χ2n) is 2.55. The fourth-order valence-electron chi connectivity index (χ4n) is 0.775. The molecule has 0 aromatic heterocycles. The highest BCUT2D eigenvalue weighted by Crippen LogP contribution is 1.95. The highest BCUT2D eigenvalue weighted by molar-refractivity contribution is 5.64. The molecule has 2 atom stereocenters. The van der Waals surface area contributed by atoms with Crippen molar-refractivity contribution in [3.8, 4) is 0 Å². The van der Waals surface area contributed by atoms with Crippen LogP contribution in [0.5, 0.6) is 0 Å². The SMILES string of the molecule is C[C@H](N)C[C@H](N)CC(=O)[O-]. The lowest BCUT2D eigenvalue weighted by Crippen LogP contribution is -2.35. The molecule has 0 radical (unpaired) electrons. The van der Waals surface area contributed by atoms with E-state index in [-0.39, 0.29) is 18.5 Å². The second kappa shape index (κ2) is 4.24. The van der Waals surface area contributed by atoms with Crippen LogP contribution in [0.25, 0.3) is 0 Å². The number of hydrogen-bond acceptors (Lipinski definition) is 4. The van der Waals surface area contributed by atoms with E-state index in [0.717, 1.165) is 0 Å². The fourth-order valence-corrected chi connectivity index (χ4v) is 0.775. The maximum Gasteiger partial charge on any atom is 0.0429 e. The molecule has 0 amide bonds. The highest BCUT2D eigenvalue weighted by Gasteiger charge is 2.04. The molecule has 60 valence electrons. The molecule has 10 heavy (non-hydrogen) atoms. The number of rotatable bonds is 4. The van der Waals surface area contributed by atoms with Crippen LogP contribution < -0.4 is 16.6 Å². The lowest BCUT2D eigenvalue weighted by Gasteiger charge is -2.13. The van der Waals surface area contributed by atoms with E-state index in [0.29, 0.717) is 6.42 Å². The number of carboxylic acids is 1. The van der Waals surface area contributed by atoms with Gasteiger partial charge in [-0.15, -0.1) is 0 Å². The van der Waals surface area contributed by atoms with Gasteiger partial charge < -0.3 is 21.4 Å². The van der Waals surface area contributed by atoms with Gasteiger partial charge in [-0.05, 0) is 13.3 Å². The second-order valence-corrected chi connectivity index (χ2v) is 2.55. The lowest BCUT2D eigenvalue weighted by atomic mass is 10.1. The molecular formula is C6H13N2O2-. The zero-order valence-corrected chi connectivity index (χ0v) is 6.04. The molecule has 0 saturated carbocycles. The molecule has 0 aliphatic rings. The number of hydrogen-bond donors (Lipinski definition) is 2. The molecule has 0 heterocycles. The van der Waals surface area contributed by atoms with E-state index in [9.17, 15) is 9.90 Å². The van der Waals surface area contributed by atoms with Gasteiger partial charge in [0.25, 0.3) is 0 Å². The average molecular weight is 145 g/mol. The van der Waals surface area contributed by atoms with Gasteiger partial charge in [-0.1, -0.05) is 0 Å². The summed E-state index contributed by atoms with van der Waals surface area (Å²) in [5, 5.41) is 9.96. The van der Waals surface area contributed by atoms with Crippen molar-refractivity contribution in [3.05, 3.63) is 0 Å². The van der Waals surface area contributed by atoms with Crippen LogP contribution in [-0.2, 0) is 4.79 Å². The first-order valence-corrected chi connectivity index (χ1v) is 3.23. The summed E-state index contributed by atoms with van der Waals surface area (Å²) < 4.78 is 0. The first kappa shape index (κ1) is 9.39. The maximum atomic E-state index is 9.96. The zero-order valence-electron chi connectivity index (χ0n) is 6.04. The summed E-state index contributed by atoms with van der Waals surface area (Å²) in [7, 11) is 0. The highest BCUT2D eigenvalue weighted by atomic mass is 16.4. The molecule has 0 rings (SSSR count). The molecule has 0 bridgehead atoms. The minimum Gasteiger partial charge on any atom is -0.550 e. The summed E-state index contributed by atoms with van der Waals surface area (Å²) in [5.41, 5.74) is 10.8. The van der Waals surface area contributed by atoms with E-state index in [1.165, 1.54) is 0 Å². The van der Waals surface area contributed by atoms with E-state index in [1.54, 1.807) is 6.92 Å². The van der Waals surface area contributed by atoms with Gasteiger partial charge in [0.05, 0.1) is 0 Å². The lowest BCUT2D eigenvalue weighted by molar-refractivity contribution is -0.306. The molecule has 0 aromatic carbocycles. The molecule has 0 fully saturated rings. The monoisotopic (exact) mass is 145 g/mol. The van der Waals surface area contributed by atoms with Gasteiger partial charge in [-0.25, -0.2) is 0 Å². The Labute approximate surface area is 60.2 Å². The minimum absolute atomic E-state index is 0.0469. The molecule has 4 N–H and O–H groups in total. The summed E-state index contributed by atoms with van der Waals surface area (Å²) in [6.45, 7) is 1.79. The van der Waals surface area contributed by atoms with E-state index >= 15 is 0 Å². The topological polar surface area (TPSA) is 92.2 Å². The van der Waals surface area contributed by atoms with Crippen molar-refractivity contribution in [2.75, 3.05) is 0 Å². The van der Waals surface area contributed by atoms with Crippen LogP contribution in [0, 0.1) is 0 Å². The third-order valence-corrected chi connectivity index (χ3v) is 1.10. The maximum absolute atomic E-state index is 9.96. The van der Waals surface area contributed by atoms with Crippen molar-refractivity contribution in [3.63, 3.8) is 0 Å². The van der Waals surface area contributed by atoms with Gasteiger partial charge in [0.15, 0.2) is 0 Å². The summed E-state index contributed by atoms with van der Waals surface area (Å²) in [6.07, 6.45) is 0.412. The Hall–Kier alpha value is -0.610. The van der Waals surface area contributed by atoms with Crippen molar-refractivity contribution in [1.82, 2.24) is 0 Å². The zero-order chi connectivity index (χ0) is 8.15. The molecule has 4 nitrogen and oxygen atoms in total. The number of aliphatic carboxylic acids is 1. The Morgan fingerprint density at radius 1 is 1.60 bits per heavy atom. The predicted octanol–water partition coefficient (Wildman–Crippen LogP) is -1.81. The van der Waals surface area contributed by atoms with Gasteiger partial charge in [0, 0.05) is 24.5 Å². The summed E-state index contributed by atoms with van der Waals surface area (Å²) >= 11 is 0. The van der Waals surface area contributed by atoms with Gasteiger partial charge in [0.2, 0.25) is 0 Å². The largest absolute Gasteiger partial charge is 0.550 e. The summed E-state index contributed by atoms with van der Waals surface area (Å²) in [6, 6.07) is -0.417. The van der Waals surface area contributed by atoms with E-state index < -0.39 is 5.97 Å². The number of nitrogens with two attached hydrogens (primary N) is 2. The van der Waals surface area contributed by atoms with Crippen LogP contribution in [0.2, 0.25) is 0 Å². The first-order chi connectivity index (χ1) is 4.52. The Bertz CT molecular complexity index is 114. The van der Waals surface area contributed by atoms with E-state index in [1.807, 2.05) is 0 Å². The van der Waals surface area contributed by atoms with E-state index in [2.05, 4.69) is 0 Å². The van der Waals surface area contributed by atoms with Gasteiger partial charge in [0.1, 0.15) is 0 Å². The van der Waals surface area contributed by atoms with Crippen molar-refractivity contribution >= 4 is 5.97 Å². The van der Waals surface area contributed by atoms with Crippen LogP contribution in [-0.4, -0.2) is 18.1 Å². The Kier molecular flexibility index (Phi) is 3.99. The van der Waals surface area contributed by atoms with Crippen molar-refractivity contribution in [1.29, 1.82) is 0 Å². The van der Waals surface area contributed by atoms with Gasteiger partial charge >= 0.3 is 0 Å². The Balaban J connectivity index is 3.43. The van der Waals surface area contributed by atoms with Crippen LogP contribution in [0.15, 0.2) is 0 Å². The van der Waals surface area contributed by atoms with Crippen molar-refractivity contribution in [2.45, 2.75) is 31.8 Å². The molecule has 4 heteroatoms. The predicted molar refractivity (Wildman–Crippen MR) is 35.9 cm³/mol. The summed E-state index contributed by atoms with van der Waals surface area (Å²) in [5.74, 6) is -1.12. The fraction of sp³-hybridized carbons (Fsp3) is 0.833. The van der Waals surface area contributed by atoms with Crippen LogP contribution in [0.1, 0.15) is 19.8 Å². The Morgan fingerprint density at radius 3 is 2.40 bits per heavy atom. The van der Waals surface area contributed by atoms with Crippen molar-refractivity contribution < 1.29 is 9.90 Å². The standard InChI is InChI=1S/C6H14N2O2/c1-4(7)2-5(8)3-6(9)10/h4-5H,2-3,7-8H2,1H3,(H,9,10)/p-1/t4-,5-/m0/s1. The molecule has 0 aromatic rings. The van der Waals surface area contributed by atoms with Crippen LogP contribution >= 0.6 is 0 Å². The van der Waals surface area contributed by atoms with E-state index in [4.69, 9.17) is 11.5 Å².